The smallest absolute Gasteiger partial charge is 0.287 e. The van der Waals surface area contributed by atoms with Crippen LogP contribution in [0.2, 0.25) is 0 Å². The summed E-state index contributed by atoms with van der Waals surface area (Å²) in [4.78, 5) is 15.1. The largest absolute Gasteiger partial charge is 0.455 e. The number of hydrogen-bond acceptors (Lipinski definition) is 7. The fourth-order valence-electron chi connectivity index (χ4n) is 4.60. The van der Waals surface area contributed by atoms with Gasteiger partial charge in [0, 0.05) is 43.4 Å². The number of aryl methyl sites for hydroxylation is 2. The van der Waals surface area contributed by atoms with E-state index in [1.54, 1.807) is 0 Å². The molecule has 2 fully saturated rings. The van der Waals surface area contributed by atoms with Gasteiger partial charge >= 0.3 is 0 Å². The molecule has 9 nitrogen and oxygen atoms in total. The van der Waals surface area contributed by atoms with Gasteiger partial charge in [0.15, 0.2) is 5.76 Å². The summed E-state index contributed by atoms with van der Waals surface area (Å²) in [6, 6.07) is 0. The average Bonchev–Trinajstić information content (AvgIpc) is 3.33. The molecule has 0 radical (unpaired) electrons. The third kappa shape index (κ3) is 4.27. The fraction of sp³-hybridized carbons (Fsp3) is 0.636. The zero-order chi connectivity index (χ0) is 21.4. The van der Waals surface area contributed by atoms with Gasteiger partial charge in [-0.2, -0.15) is 5.10 Å². The highest BCUT2D eigenvalue weighted by Gasteiger charge is 2.30. The second kappa shape index (κ2) is 8.74. The fourth-order valence-corrected chi connectivity index (χ4v) is 4.60. The highest BCUT2D eigenvalue weighted by molar-refractivity contribution is 5.95. The second-order valence-corrected chi connectivity index (χ2v) is 8.61. The SMILES string of the molecule is Cc1c(C(=O)NC[C@@H]2COCCO2)oc2c1-c1nn(C[C@@H]3CN(C)CCO3)cc1CC2. The lowest BCUT2D eigenvalue weighted by molar-refractivity contribution is -0.0856. The molecule has 5 rings (SSSR count). The van der Waals surface area contributed by atoms with Crippen LogP contribution in [0.5, 0.6) is 0 Å². The van der Waals surface area contributed by atoms with Crippen molar-refractivity contribution < 1.29 is 23.4 Å². The van der Waals surface area contributed by atoms with Crippen molar-refractivity contribution in [2.75, 3.05) is 53.1 Å². The van der Waals surface area contributed by atoms with Gasteiger partial charge in [0.25, 0.3) is 5.91 Å². The molecular weight excluding hydrogens is 400 g/mol. The number of furan rings is 1. The predicted molar refractivity (Wildman–Crippen MR) is 112 cm³/mol. The first-order chi connectivity index (χ1) is 15.1. The van der Waals surface area contributed by atoms with E-state index in [0.717, 1.165) is 61.7 Å². The van der Waals surface area contributed by atoms with Crippen LogP contribution in [0.3, 0.4) is 0 Å². The quantitative estimate of drug-likeness (QED) is 0.758. The van der Waals surface area contributed by atoms with E-state index < -0.39 is 0 Å². The summed E-state index contributed by atoms with van der Waals surface area (Å²) in [6.07, 6.45) is 3.76. The summed E-state index contributed by atoms with van der Waals surface area (Å²) in [6.45, 7) is 7.34. The Morgan fingerprint density at radius 1 is 1.23 bits per heavy atom. The standard InChI is InChI=1S/C22H30N4O5/c1-14-19-18(31-21(14)22(27)23-9-16-13-28-7-8-30-16)4-3-15-10-26(24-20(15)19)12-17-11-25(2)5-6-29-17/h10,16-17H,3-9,11-13H2,1-2H3,(H,23,27)/t16-,17+/m1/s1. The Morgan fingerprint density at radius 3 is 2.90 bits per heavy atom. The van der Waals surface area contributed by atoms with Gasteiger partial charge in [0.2, 0.25) is 0 Å². The van der Waals surface area contributed by atoms with Crippen molar-refractivity contribution in [3.8, 4) is 11.3 Å². The highest BCUT2D eigenvalue weighted by atomic mass is 16.6. The molecule has 31 heavy (non-hydrogen) atoms. The van der Waals surface area contributed by atoms with Crippen LogP contribution in [0.15, 0.2) is 10.6 Å². The van der Waals surface area contributed by atoms with Crippen molar-refractivity contribution in [3.05, 3.63) is 28.8 Å². The number of rotatable bonds is 5. The van der Waals surface area contributed by atoms with Gasteiger partial charge in [0.1, 0.15) is 5.76 Å². The Kier molecular flexibility index (Phi) is 5.83. The van der Waals surface area contributed by atoms with Crippen LogP contribution >= 0.6 is 0 Å². The first-order valence-electron chi connectivity index (χ1n) is 11.0. The summed E-state index contributed by atoms with van der Waals surface area (Å²) < 4.78 is 24.9. The molecule has 4 heterocycles. The summed E-state index contributed by atoms with van der Waals surface area (Å²) in [5, 5.41) is 7.78. The van der Waals surface area contributed by atoms with E-state index in [1.807, 2.05) is 11.6 Å². The number of nitrogens with one attached hydrogen (secondary N) is 1. The van der Waals surface area contributed by atoms with Crippen LogP contribution in [0, 0.1) is 6.92 Å². The number of hydrogen-bond donors (Lipinski definition) is 1. The molecule has 3 aliphatic rings. The lowest BCUT2D eigenvalue weighted by atomic mass is 9.93. The van der Waals surface area contributed by atoms with Gasteiger partial charge in [-0.3, -0.25) is 9.48 Å². The van der Waals surface area contributed by atoms with Crippen molar-refractivity contribution in [1.29, 1.82) is 0 Å². The van der Waals surface area contributed by atoms with Gasteiger partial charge in [-0.1, -0.05) is 0 Å². The maximum absolute atomic E-state index is 12.8. The van der Waals surface area contributed by atoms with Gasteiger partial charge < -0.3 is 28.8 Å². The Morgan fingerprint density at radius 2 is 2.10 bits per heavy atom. The number of fused-ring (bicyclic) bond motifs is 3. The van der Waals surface area contributed by atoms with Crippen LogP contribution in [-0.2, 0) is 33.6 Å². The maximum Gasteiger partial charge on any atom is 0.287 e. The minimum absolute atomic E-state index is 0.119. The third-order valence-electron chi connectivity index (χ3n) is 6.23. The molecule has 0 spiro atoms. The zero-order valence-corrected chi connectivity index (χ0v) is 18.2. The lowest BCUT2D eigenvalue weighted by Gasteiger charge is -2.29. The number of morpholine rings is 1. The molecule has 9 heteroatoms. The van der Waals surface area contributed by atoms with Crippen molar-refractivity contribution >= 4 is 5.91 Å². The van der Waals surface area contributed by atoms with E-state index >= 15 is 0 Å². The lowest BCUT2D eigenvalue weighted by Crippen LogP contribution is -2.42. The van der Waals surface area contributed by atoms with Crippen LogP contribution in [0.25, 0.3) is 11.3 Å². The second-order valence-electron chi connectivity index (χ2n) is 8.61. The Hall–Kier alpha value is -2.20. The molecule has 2 aliphatic heterocycles. The summed E-state index contributed by atoms with van der Waals surface area (Å²) in [5.41, 5.74) is 3.92. The molecule has 0 bridgehead atoms. The van der Waals surface area contributed by atoms with Gasteiger partial charge in [-0.05, 0) is 26.0 Å². The van der Waals surface area contributed by atoms with E-state index in [1.165, 1.54) is 5.56 Å². The highest BCUT2D eigenvalue weighted by Crippen LogP contribution is 2.38. The van der Waals surface area contributed by atoms with Crippen LogP contribution < -0.4 is 5.32 Å². The molecule has 2 atom stereocenters. The summed E-state index contributed by atoms with van der Waals surface area (Å²) in [7, 11) is 2.12. The molecule has 168 valence electrons. The van der Waals surface area contributed by atoms with Gasteiger partial charge in [-0.25, -0.2) is 0 Å². The molecule has 2 saturated heterocycles. The predicted octanol–water partition coefficient (Wildman–Crippen LogP) is 1.03. The number of likely N-dealkylation sites (N-methyl/N-ethyl adjacent to an activating group) is 1. The van der Waals surface area contributed by atoms with E-state index in [0.29, 0.717) is 32.1 Å². The molecule has 1 aliphatic carbocycles. The maximum atomic E-state index is 12.8. The van der Waals surface area contributed by atoms with Crippen molar-refractivity contribution in [2.24, 2.45) is 0 Å². The van der Waals surface area contributed by atoms with E-state index in [-0.39, 0.29) is 18.1 Å². The molecule has 2 aromatic heterocycles. The molecule has 2 aromatic rings. The number of nitrogens with zero attached hydrogens (tertiary/aromatic N) is 3. The number of carbonyl (C=O) groups is 1. The molecule has 1 amide bonds. The molecule has 0 aromatic carbocycles. The van der Waals surface area contributed by atoms with E-state index in [4.69, 9.17) is 23.7 Å². The Balaban J connectivity index is 1.31. The molecule has 1 N–H and O–H groups in total. The third-order valence-corrected chi connectivity index (χ3v) is 6.23. The van der Waals surface area contributed by atoms with Crippen LogP contribution in [0.4, 0.5) is 0 Å². The zero-order valence-electron chi connectivity index (χ0n) is 18.2. The van der Waals surface area contributed by atoms with Gasteiger partial charge in [-0.15, -0.1) is 0 Å². The normalized spacial score (nSPS) is 23.9. The van der Waals surface area contributed by atoms with Crippen molar-refractivity contribution in [2.45, 2.75) is 38.5 Å². The van der Waals surface area contributed by atoms with E-state index in [9.17, 15) is 4.79 Å². The topological polar surface area (TPSA) is 91.0 Å². The molecule has 0 unspecified atom stereocenters. The monoisotopic (exact) mass is 430 g/mol. The average molecular weight is 431 g/mol. The number of amides is 1. The van der Waals surface area contributed by atoms with Crippen LogP contribution in [0.1, 0.15) is 27.4 Å². The number of ether oxygens (including phenoxy) is 3. The number of aromatic nitrogens is 2. The first kappa shape index (κ1) is 20.7. The van der Waals surface area contributed by atoms with Gasteiger partial charge in [0.05, 0.1) is 50.9 Å². The number of carbonyl (C=O) groups excluding carboxylic acids is 1. The van der Waals surface area contributed by atoms with Crippen molar-refractivity contribution in [3.63, 3.8) is 0 Å². The molecular formula is C22H30N4O5. The minimum Gasteiger partial charge on any atom is -0.455 e. The summed E-state index contributed by atoms with van der Waals surface area (Å²) >= 11 is 0. The molecule has 0 saturated carbocycles. The summed E-state index contributed by atoms with van der Waals surface area (Å²) in [5.74, 6) is 0.980. The Labute approximate surface area is 181 Å². The van der Waals surface area contributed by atoms with E-state index in [2.05, 4.69) is 23.5 Å². The minimum atomic E-state index is -0.222. The van der Waals surface area contributed by atoms with Crippen LogP contribution in [-0.4, -0.2) is 85.9 Å². The first-order valence-corrected chi connectivity index (χ1v) is 11.0. The van der Waals surface area contributed by atoms with Crippen molar-refractivity contribution in [1.82, 2.24) is 20.0 Å². The Bertz CT molecular complexity index is 946.